The molecule has 0 aliphatic carbocycles. The molecular weight excluding hydrogens is 1140 g/mol. The van der Waals surface area contributed by atoms with Crippen LogP contribution in [0.15, 0.2) is 140 Å². The van der Waals surface area contributed by atoms with E-state index in [4.69, 9.17) is 10.00 Å². The second-order valence-corrected chi connectivity index (χ2v) is 17.3. The molecule has 0 amide bonds. The fourth-order valence-electron chi connectivity index (χ4n) is 8.56. The molecule has 0 fully saturated rings. The normalized spacial score (nSPS) is 13.1. The highest BCUT2D eigenvalue weighted by atomic mass is 19.4. The van der Waals surface area contributed by atoms with Crippen molar-refractivity contribution in [2.45, 2.75) is 56.0 Å². The van der Waals surface area contributed by atoms with Crippen LogP contribution in [-0.2, 0) is 56.0 Å². The minimum absolute atomic E-state index is 0.00677. The van der Waals surface area contributed by atoms with Crippen LogP contribution in [-0.4, -0.2) is 18.5 Å². The minimum Gasteiger partial charge on any atom is -0.428 e. The van der Waals surface area contributed by atoms with Gasteiger partial charge in [-0.2, -0.15) is 137 Å². The van der Waals surface area contributed by atoms with E-state index in [0.29, 0.717) is 11.4 Å². The lowest BCUT2D eigenvalue weighted by molar-refractivity contribution is -0.687. The maximum Gasteiger partial charge on any atom is 0.416 e. The third-order valence-electron chi connectivity index (χ3n) is 12.0. The van der Waals surface area contributed by atoms with Gasteiger partial charge in [-0.05, 0) is 35.7 Å². The Kier molecular flexibility index (Phi) is 16.6. The van der Waals surface area contributed by atoms with E-state index < -0.39 is 195 Å². The monoisotopic (exact) mass is 1170 g/mol. The Labute approximate surface area is 433 Å². The van der Waals surface area contributed by atoms with Gasteiger partial charge in [0.05, 0.1) is 49.9 Å². The Morgan fingerprint density at radius 2 is 0.700 bits per heavy atom. The average molecular weight is 1170 g/mol. The van der Waals surface area contributed by atoms with E-state index in [1.165, 1.54) is 0 Å². The van der Waals surface area contributed by atoms with Gasteiger partial charge in [0.1, 0.15) is 12.2 Å². The average Bonchev–Trinajstić information content (AvgIpc) is 3.48. The molecule has 7 aromatic rings. The molecule has 0 saturated carbocycles. The molecule has 1 heterocycles. The maximum atomic E-state index is 14.2. The van der Waals surface area contributed by atoms with Gasteiger partial charge in [-0.25, -0.2) is 0 Å². The van der Waals surface area contributed by atoms with Gasteiger partial charge in [-0.3, -0.25) is 4.79 Å². The van der Waals surface area contributed by atoms with Crippen LogP contribution in [0.4, 0.5) is 105 Å². The Bertz CT molecular complexity index is 3020. The third-order valence-corrected chi connectivity index (χ3v) is 12.0. The third kappa shape index (κ3) is 13.7. The molecule has 0 radical (unpaired) electrons. The van der Waals surface area contributed by atoms with Gasteiger partial charge in [0.2, 0.25) is 12.3 Å². The summed E-state index contributed by atoms with van der Waals surface area (Å²) in [5.41, 5.74) is -29.6. The van der Waals surface area contributed by atoms with Crippen LogP contribution in [0.25, 0.3) is 10.8 Å². The molecule has 1 aromatic heterocycles. The zero-order chi connectivity index (χ0) is 60.0. The summed E-state index contributed by atoms with van der Waals surface area (Å²) in [5.74, 6) is 0.529. The standard InChI is InChI=1S/C32H12BF24.C19H15N2O2/c34-25(35,36)13-1-14(26(37,38)39)6-21(5-13)33(22-7-15(27(40,41)42)2-16(8-22)28(43,44)45,23-9-17(29(46,47)48)3-18(10-23)30(49,50)51)24-11-19(31(52,53)54)4-20(12-24)32(55,56)57;20-11-13-23-19-17-9-5-4-6-15(17)10-12-21(19)14-18(22)16-7-2-1-3-8-16/h1-12H;1-10,12H,13-14H2/q-1;+1. The number of alkyl halides is 24. The number of halogens is 24. The summed E-state index contributed by atoms with van der Waals surface area (Å²) >= 11 is 0. The van der Waals surface area contributed by atoms with E-state index in [2.05, 4.69) is 0 Å². The molecule has 0 unspecified atom stereocenters. The molecule has 0 bridgehead atoms. The highest BCUT2D eigenvalue weighted by molar-refractivity contribution is 7.20. The number of pyridine rings is 1. The van der Waals surface area contributed by atoms with E-state index >= 15 is 0 Å². The van der Waals surface area contributed by atoms with Crippen LogP contribution in [0.2, 0.25) is 0 Å². The van der Waals surface area contributed by atoms with Gasteiger partial charge in [0.15, 0.2) is 12.8 Å². The number of ketones is 1. The highest BCUT2D eigenvalue weighted by Crippen LogP contribution is 2.41. The molecular formula is C51H27BF24N2O2. The number of nitrogens with zero attached hydrogens (tertiary/aromatic N) is 2. The first-order chi connectivity index (χ1) is 36.6. The number of aromatic nitrogens is 1. The Balaban J connectivity index is 0.000000370. The van der Waals surface area contributed by atoms with Crippen molar-refractivity contribution in [1.82, 2.24) is 0 Å². The maximum absolute atomic E-state index is 14.2. The van der Waals surface area contributed by atoms with Gasteiger partial charge in [-0.15, -0.1) is 0 Å². The second-order valence-electron chi connectivity index (χ2n) is 17.3. The molecule has 0 atom stereocenters. The summed E-state index contributed by atoms with van der Waals surface area (Å²) in [7, 11) is 0. The van der Waals surface area contributed by atoms with Gasteiger partial charge in [0, 0.05) is 11.6 Å². The van der Waals surface area contributed by atoms with Gasteiger partial charge in [-0.1, -0.05) is 97.1 Å². The topological polar surface area (TPSA) is 54.0 Å². The van der Waals surface area contributed by atoms with Crippen LogP contribution < -0.4 is 31.2 Å². The van der Waals surface area contributed by atoms with E-state index in [0.717, 1.165) is 10.8 Å². The Morgan fingerprint density at radius 3 is 0.988 bits per heavy atom. The predicted molar refractivity (Wildman–Crippen MR) is 236 cm³/mol. The van der Waals surface area contributed by atoms with Crippen molar-refractivity contribution in [3.05, 3.63) is 190 Å². The van der Waals surface area contributed by atoms with E-state index in [-0.39, 0.29) is 18.9 Å². The number of fused-ring (bicyclic) bond motifs is 1. The second kappa shape index (κ2) is 21.6. The van der Waals surface area contributed by atoms with Crippen molar-refractivity contribution in [2.24, 2.45) is 0 Å². The molecule has 0 saturated heterocycles. The lowest BCUT2D eigenvalue weighted by Crippen LogP contribution is -2.75. The summed E-state index contributed by atoms with van der Waals surface area (Å²) in [6.45, 7) is 0.100. The van der Waals surface area contributed by atoms with Crippen LogP contribution in [0.5, 0.6) is 5.88 Å². The lowest BCUT2D eigenvalue weighted by Gasteiger charge is -2.46. The molecule has 4 nitrogen and oxygen atoms in total. The quantitative estimate of drug-likeness (QED) is 0.0626. The molecule has 0 spiro atoms. The molecule has 80 heavy (non-hydrogen) atoms. The zero-order valence-corrected chi connectivity index (χ0v) is 39.1. The number of rotatable bonds is 9. The Morgan fingerprint density at radius 1 is 0.412 bits per heavy atom. The number of hydrogen-bond donors (Lipinski definition) is 0. The predicted octanol–water partition coefficient (Wildman–Crippen LogP) is 14.1. The SMILES string of the molecule is FC(F)(F)c1cc([B-](c2cc(C(F)(F)F)cc(C(F)(F)F)c2)(c2cc(C(F)(F)F)cc(C(F)(F)F)c2)c2cc(C(F)(F)F)cc(C(F)(F)F)c2)cc(C(F)(F)F)c1.N#CCOc1c2ccccc2cc[n+]1CC(=O)c1ccccc1. The van der Waals surface area contributed by atoms with Gasteiger partial charge in [0.25, 0.3) is 0 Å². The molecule has 7 rings (SSSR count). The molecule has 29 heteroatoms. The summed E-state index contributed by atoms with van der Waals surface area (Å²) < 4.78 is 348. The van der Waals surface area contributed by atoms with Crippen molar-refractivity contribution >= 4 is 44.6 Å². The summed E-state index contributed by atoms with van der Waals surface area (Å²) in [4.78, 5) is 12.4. The minimum atomic E-state index is -6.13. The number of Topliss-reactive ketones (excluding diaryl/α,β-unsaturated/α-hetero) is 1. The molecule has 0 aliphatic rings. The van der Waals surface area contributed by atoms with Crippen molar-refractivity contribution < 1.29 is 119 Å². The molecule has 424 valence electrons. The largest absolute Gasteiger partial charge is 0.428 e. The number of carbonyl (C=O) groups excluding carboxylic acids is 1. The zero-order valence-electron chi connectivity index (χ0n) is 39.1. The van der Waals surface area contributed by atoms with Gasteiger partial charge < -0.3 is 4.74 Å². The van der Waals surface area contributed by atoms with E-state index in [1.54, 1.807) is 16.7 Å². The summed E-state index contributed by atoms with van der Waals surface area (Å²) in [5, 5.41) is 10.7. The first kappa shape index (κ1) is 61.3. The first-order valence-corrected chi connectivity index (χ1v) is 21.9. The Hall–Kier alpha value is -7.93. The molecule has 0 aliphatic heterocycles. The van der Waals surface area contributed by atoms with E-state index in [9.17, 15) is 110 Å². The number of hydrogen-bond acceptors (Lipinski definition) is 3. The number of benzene rings is 6. The van der Waals surface area contributed by atoms with Crippen LogP contribution in [0, 0.1) is 11.3 Å². The number of nitriles is 1. The van der Waals surface area contributed by atoms with Crippen LogP contribution >= 0.6 is 0 Å². The smallest absolute Gasteiger partial charge is 0.416 e. The van der Waals surface area contributed by atoms with Crippen LogP contribution in [0.1, 0.15) is 54.9 Å². The van der Waals surface area contributed by atoms with Gasteiger partial charge >= 0.3 is 55.3 Å². The van der Waals surface area contributed by atoms with Crippen LogP contribution in [0.3, 0.4) is 0 Å². The van der Waals surface area contributed by atoms with Crippen molar-refractivity contribution in [1.29, 1.82) is 5.26 Å². The molecule has 0 N–H and O–H groups in total. The molecule has 6 aromatic carbocycles. The fourth-order valence-corrected chi connectivity index (χ4v) is 8.56. The summed E-state index contributed by atoms with van der Waals surface area (Å²) in [6.07, 6.45) is -53.0. The number of ether oxygens (including phenoxy) is 1. The first-order valence-electron chi connectivity index (χ1n) is 21.9. The fraction of sp³-hybridized carbons (Fsp3) is 0.196. The number of carbonyl (C=O) groups is 1. The van der Waals surface area contributed by atoms with Crippen molar-refractivity contribution in [2.75, 3.05) is 6.61 Å². The summed E-state index contributed by atoms with van der Waals surface area (Å²) in [6, 6.07) is 12.0. The van der Waals surface area contributed by atoms with Crippen molar-refractivity contribution in [3.63, 3.8) is 0 Å². The highest BCUT2D eigenvalue weighted by Gasteiger charge is 2.47. The lowest BCUT2D eigenvalue weighted by atomic mass is 9.12. The van der Waals surface area contributed by atoms with Crippen molar-refractivity contribution in [3.8, 4) is 11.9 Å². The van der Waals surface area contributed by atoms with E-state index in [1.807, 2.05) is 60.8 Å².